The average Bonchev–Trinajstić information content (AvgIpc) is 2.51. The second-order valence-electron chi connectivity index (χ2n) is 2.65. The third kappa shape index (κ3) is 2.63. The number of nitriles is 1. The van der Waals surface area contributed by atoms with Crippen LogP contribution in [0.15, 0.2) is 0 Å². The molecule has 2 atom stereocenters. The molecule has 0 radical (unpaired) electrons. The second kappa shape index (κ2) is 4.14. The minimum atomic E-state index is -0.519. The van der Waals surface area contributed by atoms with E-state index in [0.717, 1.165) is 11.8 Å². The number of rotatable bonds is 2. The monoisotopic (exact) mass is 199 g/mol. The van der Waals surface area contributed by atoms with Gasteiger partial charge in [-0.15, -0.1) is 0 Å². The highest BCUT2D eigenvalue weighted by Crippen LogP contribution is 2.12. The van der Waals surface area contributed by atoms with E-state index in [2.05, 4.69) is 10.6 Å². The van der Waals surface area contributed by atoms with Gasteiger partial charge in [-0.1, -0.05) is 11.8 Å². The number of thioether (sulfide) groups is 1. The van der Waals surface area contributed by atoms with E-state index >= 15 is 0 Å². The number of nitrogens with one attached hydrogen (secondary N) is 2. The van der Waals surface area contributed by atoms with Gasteiger partial charge in [0.1, 0.15) is 12.1 Å². The second-order valence-corrected chi connectivity index (χ2v) is 3.65. The quantitative estimate of drug-likeness (QED) is 0.647. The van der Waals surface area contributed by atoms with Gasteiger partial charge in [0.2, 0.25) is 5.91 Å². The Morgan fingerprint density at radius 2 is 2.62 bits per heavy atom. The summed E-state index contributed by atoms with van der Waals surface area (Å²) in [6, 6.07) is 0.868. The number of amides is 2. The van der Waals surface area contributed by atoms with Crippen LogP contribution in [0.3, 0.4) is 0 Å². The summed E-state index contributed by atoms with van der Waals surface area (Å²) in [6.07, 6.45) is 0. The van der Waals surface area contributed by atoms with Crippen molar-refractivity contribution in [2.75, 3.05) is 5.75 Å². The molecule has 0 aromatic heterocycles. The van der Waals surface area contributed by atoms with Crippen molar-refractivity contribution in [2.45, 2.75) is 19.0 Å². The van der Waals surface area contributed by atoms with Gasteiger partial charge in [-0.05, 0) is 6.92 Å². The van der Waals surface area contributed by atoms with Gasteiger partial charge < -0.3 is 10.6 Å². The molecule has 5 nitrogen and oxygen atoms in total. The Balaban J connectivity index is 2.41. The van der Waals surface area contributed by atoms with Crippen LogP contribution in [0.1, 0.15) is 6.92 Å². The number of carbonyl (C=O) groups is 2. The third-order valence-corrected chi connectivity index (χ3v) is 2.42. The molecule has 6 heteroatoms. The smallest absolute Gasteiger partial charge is 0.279 e. The molecule has 1 rings (SSSR count). The maximum atomic E-state index is 11.3. The Hall–Kier alpha value is -1.22. The van der Waals surface area contributed by atoms with Crippen LogP contribution in [0.25, 0.3) is 0 Å². The summed E-state index contributed by atoms with van der Waals surface area (Å²) in [6.45, 7) is 1.59. The molecule has 0 bridgehead atoms. The van der Waals surface area contributed by atoms with Crippen LogP contribution >= 0.6 is 11.8 Å². The fourth-order valence-corrected chi connectivity index (χ4v) is 1.65. The highest BCUT2D eigenvalue weighted by molar-refractivity contribution is 8.14. The van der Waals surface area contributed by atoms with Gasteiger partial charge in [0.25, 0.3) is 5.24 Å². The molecule has 0 aliphatic carbocycles. The number of hydrogen-bond acceptors (Lipinski definition) is 4. The van der Waals surface area contributed by atoms with E-state index in [4.69, 9.17) is 5.26 Å². The first-order chi connectivity index (χ1) is 6.13. The Morgan fingerprint density at radius 1 is 1.92 bits per heavy atom. The lowest BCUT2D eigenvalue weighted by Gasteiger charge is -2.10. The normalized spacial score (nSPS) is 23.1. The average molecular weight is 199 g/mol. The van der Waals surface area contributed by atoms with Crippen LogP contribution < -0.4 is 10.6 Å². The molecule has 2 N–H and O–H groups in total. The highest BCUT2D eigenvalue weighted by atomic mass is 32.2. The summed E-state index contributed by atoms with van der Waals surface area (Å²) in [5, 5.41) is 13.2. The number of hydrogen-bond donors (Lipinski definition) is 2. The molecule has 1 saturated heterocycles. The predicted molar refractivity (Wildman–Crippen MR) is 48.0 cm³/mol. The molecule has 0 aromatic rings. The van der Waals surface area contributed by atoms with E-state index in [0.29, 0.717) is 5.75 Å². The van der Waals surface area contributed by atoms with E-state index < -0.39 is 12.1 Å². The molecule has 1 unspecified atom stereocenters. The zero-order valence-electron chi connectivity index (χ0n) is 7.03. The molecule has 1 aliphatic rings. The molecule has 1 fully saturated rings. The van der Waals surface area contributed by atoms with Gasteiger partial charge in [-0.2, -0.15) is 5.26 Å². The Morgan fingerprint density at radius 3 is 3.08 bits per heavy atom. The molecule has 0 aromatic carbocycles. The van der Waals surface area contributed by atoms with Gasteiger partial charge in [-0.3, -0.25) is 9.59 Å². The summed E-state index contributed by atoms with van der Waals surface area (Å²) in [5.41, 5.74) is 0. The highest BCUT2D eigenvalue weighted by Gasteiger charge is 2.28. The standard InChI is InChI=1S/C7H9N3O2S/c1-4(2-8)9-6(11)5-3-13-7(12)10-5/h4-5H,3H2,1H3,(H,9,11)(H,10,12)/t4-,5?/m0/s1. The Labute approximate surface area is 79.9 Å². The summed E-state index contributed by atoms with van der Waals surface area (Å²) in [4.78, 5) is 22.0. The predicted octanol–water partition coefficient (Wildman–Crippen LogP) is -0.160. The van der Waals surface area contributed by atoms with Gasteiger partial charge in [-0.25, -0.2) is 0 Å². The Kier molecular flexibility index (Phi) is 3.14. The summed E-state index contributed by atoms with van der Waals surface area (Å²) in [7, 11) is 0. The van der Waals surface area contributed by atoms with E-state index in [9.17, 15) is 9.59 Å². The third-order valence-electron chi connectivity index (χ3n) is 1.54. The Bertz CT molecular complexity index is 273. The minimum absolute atomic E-state index is 0.190. The van der Waals surface area contributed by atoms with Gasteiger partial charge >= 0.3 is 0 Å². The minimum Gasteiger partial charge on any atom is -0.339 e. The van der Waals surface area contributed by atoms with Gasteiger partial charge in [0, 0.05) is 5.75 Å². The van der Waals surface area contributed by atoms with Crippen molar-refractivity contribution in [3.8, 4) is 6.07 Å². The lowest BCUT2D eigenvalue weighted by Crippen LogP contribution is -2.45. The van der Waals surface area contributed by atoms with Crippen LogP contribution in [-0.4, -0.2) is 29.0 Å². The topological polar surface area (TPSA) is 82.0 Å². The van der Waals surface area contributed by atoms with Crippen LogP contribution in [0.4, 0.5) is 4.79 Å². The van der Waals surface area contributed by atoms with Crippen LogP contribution in [-0.2, 0) is 4.79 Å². The van der Waals surface area contributed by atoms with Crippen molar-refractivity contribution in [1.29, 1.82) is 5.26 Å². The molecule has 70 valence electrons. The van der Waals surface area contributed by atoms with Crippen molar-refractivity contribution in [1.82, 2.24) is 10.6 Å². The maximum absolute atomic E-state index is 11.3. The summed E-state index contributed by atoms with van der Waals surface area (Å²) in [5.74, 6) is 0.135. The number of carbonyl (C=O) groups excluding carboxylic acids is 2. The van der Waals surface area contributed by atoms with Gasteiger partial charge in [0.15, 0.2) is 0 Å². The van der Waals surface area contributed by atoms with Crippen LogP contribution in [0.2, 0.25) is 0 Å². The lowest BCUT2D eigenvalue weighted by atomic mass is 10.3. The van der Waals surface area contributed by atoms with Crippen molar-refractivity contribution in [3.05, 3.63) is 0 Å². The van der Waals surface area contributed by atoms with E-state index in [1.165, 1.54) is 0 Å². The molecule has 0 saturated carbocycles. The van der Waals surface area contributed by atoms with Crippen molar-refractivity contribution in [2.24, 2.45) is 0 Å². The first-order valence-electron chi connectivity index (χ1n) is 3.76. The fraction of sp³-hybridized carbons (Fsp3) is 0.571. The number of nitrogens with zero attached hydrogens (tertiary/aromatic N) is 1. The molecule has 13 heavy (non-hydrogen) atoms. The largest absolute Gasteiger partial charge is 0.339 e. The van der Waals surface area contributed by atoms with Crippen LogP contribution in [0.5, 0.6) is 0 Å². The zero-order valence-corrected chi connectivity index (χ0v) is 7.85. The maximum Gasteiger partial charge on any atom is 0.279 e. The van der Waals surface area contributed by atoms with Gasteiger partial charge in [0.05, 0.1) is 6.07 Å². The lowest BCUT2D eigenvalue weighted by molar-refractivity contribution is -0.122. The zero-order chi connectivity index (χ0) is 9.84. The molecule has 2 amide bonds. The fourth-order valence-electron chi connectivity index (χ4n) is 0.872. The van der Waals surface area contributed by atoms with Crippen molar-refractivity contribution in [3.63, 3.8) is 0 Å². The summed E-state index contributed by atoms with van der Waals surface area (Å²) < 4.78 is 0. The molecule has 0 spiro atoms. The van der Waals surface area contributed by atoms with Crippen molar-refractivity contribution >= 4 is 22.9 Å². The first-order valence-corrected chi connectivity index (χ1v) is 4.75. The van der Waals surface area contributed by atoms with E-state index in [1.54, 1.807) is 6.92 Å². The summed E-state index contributed by atoms with van der Waals surface area (Å²) >= 11 is 1.07. The molecule has 1 aliphatic heterocycles. The molecular weight excluding hydrogens is 190 g/mol. The van der Waals surface area contributed by atoms with E-state index in [-0.39, 0.29) is 11.1 Å². The SMILES string of the molecule is C[C@@H](C#N)NC(=O)C1CSC(=O)N1. The molecular formula is C7H9N3O2S. The first kappa shape index (κ1) is 9.86. The van der Waals surface area contributed by atoms with E-state index in [1.807, 2.05) is 6.07 Å². The van der Waals surface area contributed by atoms with Crippen molar-refractivity contribution < 1.29 is 9.59 Å². The molecule has 1 heterocycles. The van der Waals surface area contributed by atoms with Crippen LogP contribution in [0, 0.1) is 11.3 Å².